The highest BCUT2D eigenvalue weighted by atomic mass is 16.4. The fourth-order valence-electron chi connectivity index (χ4n) is 4.49. The van der Waals surface area contributed by atoms with E-state index in [0.29, 0.717) is 31.5 Å². The number of hydrogen-bond donors (Lipinski definition) is 6. The molecule has 0 aliphatic carbocycles. The van der Waals surface area contributed by atoms with Gasteiger partial charge in [0.15, 0.2) is 0 Å². The number of nitrogens with two attached hydrogens (primary N) is 1. The number of aromatic hydroxyl groups is 1. The van der Waals surface area contributed by atoms with Crippen molar-refractivity contribution in [2.24, 2.45) is 11.7 Å². The lowest BCUT2D eigenvalue weighted by molar-refractivity contribution is -0.150. The first-order valence-corrected chi connectivity index (χ1v) is 12.8. The summed E-state index contributed by atoms with van der Waals surface area (Å²) < 4.78 is 0. The molecule has 2 heterocycles. The van der Waals surface area contributed by atoms with Crippen LogP contribution >= 0.6 is 0 Å². The highest BCUT2D eigenvalue weighted by Crippen LogP contribution is 2.21. The van der Waals surface area contributed by atoms with Gasteiger partial charge in [0.2, 0.25) is 17.7 Å². The second-order valence-electron chi connectivity index (χ2n) is 9.72. The van der Waals surface area contributed by atoms with Gasteiger partial charge in [-0.2, -0.15) is 0 Å². The number of aliphatic carboxylic acids is 1. The summed E-state index contributed by atoms with van der Waals surface area (Å²) >= 11 is 0. The molecule has 1 aliphatic rings. The predicted octanol–water partition coefficient (Wildman–Crippen LogP) is 0.319. The van der Waals surface area contributed by atoms with Crippen molar-refractivity contribution in [1.82, 2.24) is 25.5 Å². The Morgan fingerprint density at radius 3 is 2.47 bits per heavy atom. The van der Waals surface area contributed by atoms with E-state index in [1.165, 1.54) is 29.6 Å². The smallest absolute Gasteiger partial charge is 0.326 e. The summed E-state index contributed by atoms with van der Waals surface area (Å²) in [5.74, 6) is -2.85. The first-order chi connectivity index (χ1) is 18.1. The van der Waals surface area contributed by atoms with Crippen LogP contribution in [-0.4, -0.2) is 79.5 Å². The number of amides is 3. The van der Waals surface area contributed by atoms with Gasteiger partial charge in [-0.15, -0.1) is 0 Å². The minimum Gasteiger partial charge on any atom is -0.508 e. The molecular weight excluding hydrogens is 492 g/mol. The van der Waals surface area contributed by atoms with Gasteiger partial charge in [-0.05, 0) is 42.9 Å². The molecule has 2 aromatic rings. The lowest BCUT2D eigenvalue weighted by Crippen LogP contribution is -2.59. The van der Waals surface area contributed by atoms with Crippen molar-refractivity contribution in [2.75, 3.05) is 6.54 Å². The molecule has 3 rings (SSSR count). The molecule has 0 spiro atoms. The van der Waals surface area contributed by atoms with Crippen LogP contribution < -0.4 is 16.4 Å². The van der Waals surface area contributed by atoms with Crippen LogP contribution in [0.5, 0.6) is 5.75 Å². The first kappa shape index (κ1) is 28.6. The number of carbonyl (C=O) groups is 4. The topological polar surface area (TPSA) is 191 Å². The molecule has 1 aromatic carbocycles. The average molecular weight is 529 g/mol. The van der Waals surface area contributed by atoms with E-state index in [4.69, 9.17) is 5.73 Å². The van der Waals surface area contributed by atoms with Gasteiger partial charge < -0.3 is 36.5 Å². The number of phenolic OH excluding ortho intramolecular Hbond substituents is 1. The number of aromatic nitrogens is 2. The van der Waals surface area contributed by atoms with Crippen molar-refractivity contribution >= 4 is 23.7 Å². The second-order valence-corrected chi connectivity index (χ2v) is 9.72. The molecule has 5 atom stereocenters. The zero-order valence-corrected chi connectivity index (χ0v) is 21.6. The average Bonchev–Trinajstić information content (AvgIpc) is 3.59. The molecular formula is C26H36N6O6. The summed E-state index contributed by atoms with van der Waals surface area (Å²) in [4.78, 5) is 59.7. The van der Waals surface area contributed by atoms with E-state index in [1.807, 2.05) is 13.8 Å². The Bertz CT molecular complexity index is 1110. The number of nitrogens with one attached hydrogen (secondary N) is 3. The molecule has 1 aliphatic heterocycles. The third-order valence-electron chi connectivity index (χ3n) is 6.94. The maximum atomic E-state index is 13.5. The fourth-order valence-corrected chi connectivity index (χ4v) is 4.49. The van der Waals surface area contributed by atoms with Crippen LogP contribution in [0.4, 0.5) is 0 Å². The lowest BCUT2D eigenvalue weighted by Gasteiger charge is -2.31. The highest BCUT2D eigenvalue weighted by Gasteiger charge is 2.40. The summed E-state index contributed by atoms with van der Waals surface area (Å²) in [7, 11) is 0. The van der Waals surface area contributed by atoms with Gasteiger partial charge in [0, 0.05) is 24.9 Å². The van der Waals surface area contributed by atoms with E-state index in [2.05, 4.69) is 20.6 Å². The number of carboxylic acid groups (broad SMARTS) is 1. The maximum Gasteiger partial charge on any atom is 0.326 e. The highest BCUT2D eigenvalue weighted by molar-refractivity contribution is 5.94. The first-order valence-electron chi connectivity index (χ1n) is 12.8. The van der Waals surface area contributed by atoms with E-state index < -0.39 is 47.9 Å². The van der Waals surface area contributed by atoms with Crippen LogP contribution in [0.15, 0.2) is 36.8 Å². The molecule has 0 radical (unpaired) electrons. The van der Waals surface area contributed by atoms with Gasteiger partial charge in [-0.3, -0.25) is 14.4 Å². The summed E-state index contributed by atoms with van der Waals surface area (Å²) in [6.07, 6.45) is 4.74. The Hall–Kier alpha value is -3.93. The molecule has 12 heteroatoms. The molecule has 38 heavy (non-hydrogen) atoms. The van der Waals surface area contributed by atoms with Crippen LogP contribution in [0, 0.1) is 5.92 Å². The Balaban J connectivity index is 1.75. The van der Waals surface area contributed by atoms with Crippen molar-refractivity contribution in [2.45, 2.75) is 70.1 Å². The molecule has 12 nitrogen and oxygen atoms in total. The van der Waals surface area contributed by atoms with Gasteiger partial charge in [-0.1, -0.05) is 32.4 Å². The second kappa shape index (κ2) is 13.0. The fraction of sp³-hybridized carbons (Fsp3) is 0.500. The number of H-pyrrole nitrogens is 1. The SMILES string of the molecule is CCC(C)C(NC(=O)C(Cc1cnc[nH]1)NC(=O)C(N)Cc1ccc(O)cc1)C(=O)N1CCCC1C(=O)O. The number of likely N-dealkylation sites (tertiary alicyclic amines) is 1. The minimum absolute atomic E-state index is 0.0758. The molecule has 1 aromatic heterocycles. The quantitative estimate of drug-likeness (QED) is 0.227. The van der Waals surface area contributed by atoms with Gasteiger partial charge in [0.1, 0.15) is 23.9 Å². The van der Waals surface area contributed by atoms with Crippen LogP contribution in [0.25, 0.3) is 0 Å². The van der Waals surface area contributed by atoms with E-state index in [1.54, 1.807) is 12.1 Å². The summed E-state index contributed by atoms with van der Waals surface area (Å²) in [6, 6.07) is 2.38. The molecule has 1 fully saturated rings. The Morgan fingerprint density at radius 1 is 1.16 bits per heavy atom. The van der Waals surface area contributed by atoms with E-state index in [9.17, 15) is 29.4 Å². The van der Waals surface area contributed by atoms with Crippen molar-refractivity contribution < 1.29 is 29.4 Å². The van der Waals surface area contributed by atoms with Crippen LogP contribution in [0.2, 0.25) is 0 Å². The molecule has 1 saturated heterocycles. The van der Waals surface area contributed by atoms with Crippen LogP contribution in [0.1, 0.15) is 44.4 Å². The van der Waals surface area contributed by atoms with Gasteiger partial charge in [0.05, 0.1) is 12.4 Å². The number of carbonyl (C=O) groups excluding carboxylic acids is 3. The molecule has 3 amide bonds. The molecule has 0 saturated carbocycles. The number of benzene rings is 1. The normalized spacial score (nSPS) is 18.3. The number of rotatable bonds is 12. The molecule has 0 bridgehead atoms. The van der Waals surface area contributed by atoms with Gasteiger partial charge in [0.25, 0.3) is 0 Å². The lowest BCUT2D eigenvalue weighted by atomic mass is 9.96. The van der Waals surface area contributed by atoms with E-state index in [0.717, 1.165) is 5.56 Å². The number of nitrogens with zero attached hydrogens (tertiary/aromatic N) is 2. The zero-order valence-electron chi connectivity index (χ0n) is 21.6. The van der Waals surface area contributed by atoms with E-state index in [-0.39, 0.29) is 24.5 Å². The van der Waals surface area contributed by atoms with Crippen molar-refractivity contribution in [3.63, 3.8) is 0 Å². The van der Waals surface area contributed by atoms with Crippen molar-refractivity contribution in [1.29, 1.82) is 0 Å². The summed E-state index contributed by atoms with van der Waals surface area (Å²) in [6.45, 7) is 3.99. The van der Waals surface area contributed by atoms with Gasteiger partial charge >= 0.3 is 5.97 Å². The standard InChI is InChI=1S/C26H36N6O6/c1-3-15(2)22(25(36)32-10-4-5-21(32)26(37)38)31-24(35)20(12-17-13-28-14-29-17)30-23(34)19(27)11-16-6-8-18(33)9-7-16/h6-9,13-15,19-22,33H,3-5,10-12,27H2,1-2H3,(H,28,29)(H,30,34)(H,31,35)(H,37,38). The predicted molar refractivity (Wildman–Crippen MR) is 138 cm³/mol. The van der Waals surface area contributed by atoms with Crippen LogP contribution in [0.3, 0.4) is 0 Å². The van der Waals surface area contributed by atoms with Gasteiger partial charge in [-0.25, -0.2) is 9.78 Å². The molecule has 206 valence electrons. The van der Waals surface area contributed by atoms with Crippen molar-refractivity contribution in [3.05, 3.63) is 48.0 Å². The number of imidazole rings is 1. The number of phenols is 1. The number of hydrogen-bond acceptors (Lipinski definition) is 7. The van der Waals surface area contributed by atoms with Crippen LogP contribution in [-0.2, 0) is 32.0 Å². The largest absolute Gasteiger partial charge is 0.508 e. The zero-order chi connectivity index (χ0) is 27.8. The third-order valence-corrected chi connectivity index (χ3v) is 6.94. The van der Waals surface area contributed by atoms with Crippen molar-refractivity contribution in [3.8, 4) is 5.75 Å². The monoisotopic (exact) mass is 528 g/mol. The minimum atomic E-state index is -1.07. The third kappa shape index (κ3) is 7.31. The number of carboxylic acids is 1. The number of aromatic amines is 1. The summed E-state index contributed by atoms with van der Waals surface area (Å²) in [5, 5.41) is 24.5. The Morgan fingerprint density at radius 2 is 1.87 bits per heavy atom. The molecule has 7 N–H and O–H groups in total. The van der Waals surface area contributed by atoms with E-state index >= 15 is 0 Å². The molecule has 5 unspecified atom stereocenters. The Labute approximate surface area is 221 Å². The maximum absolute atomic E-state index is 13.5. The summed E-state index contributed by atoms with van der Waals surface area (Å²) in [5.41, 5.74) is 7.44. The Kier molecular flexibility index (Phi) is 9.83.